The van der Waals surface area contributed by atoms with Gasteiger partial charge in [-0.15, -0.1) is 0 Å². The van der Waals surface area contributed by atoms with Gasteiger partial charge in [0.1, 0.15) is 0 Å². The number of aliphatic carboxylic acids is 2. The molecule has 0 aromatic carbocycles. The highest BCUT2D eigenvalue weighted by Gasteiger charge is 1.98. The molecule has 0 aromatic rings. The minimum Gasteiger partial charge on any atom is -0.481 e. The molecule has 0 unspecified atom stereocenters. The monoisotopic (exact) mass is 229 g/mol. The van der Waals surface area contributed by atoms with E-state index in [1.165, 1.54) is 0 Å². The van der Waals surface area contributed by atoms with Gasteiger partial charge in [-0.1, -0.05) is 32.1 Å². The van der Waals surface area contributed by atoms with Gasteiger partial charge in [-0.2, -0.15) is 0 Å². The van der Waals surface area contributed by atoms with Crippen LogP contribution in [0.5, 0.6) is 0 Å². The number of carboxylic acids is 2. The van der Waals surface area contributed by atoms with Crippen molar-refractivity contribution in [3.8, 4) is 0 Å². The van der Waals surface area contributed by atoms with Crippen LogP contribution in [0.1, 0.15) is 57.8 Å². The van der Waals surface area contributed by atoms with Gasteiger partial charge in [0.15, 0.2) is 0 Å². The van der Waals surface area contributed by atoms with Crippen LogP contribution in [0.3, 0.4) is 0 Å². The second-order valence-electron chi connectivity index (χ2n) is 3.92. The highest BCUT2D eigenvalue weighted by Crippen LogP contribution is 2.09. The minimum atomic E-state index is -0.728. The lowest BCUT2D eigenvalue weighted by molar-refractivity contribution is -0.138. The Bertz CT molecular complexity index is 179. The van der Waals surface area contributed by atoms with Crippen molar-refractivity contribution in [2.75, 3.05) is 0 Å². The van der Waals surface area contributed by atoms with Crippen molar-refractivity contribution in [3.05, 3.63) is 6.42 Å². The summed E-state index contributed by atoms with van der Waals surface area (Å²) >= 11 is 0. The van der Waals surface area contributed by atoms with Crippen LogP contribution in [-0.4, -0.2) is 22.2 Å². The van der Waals surface area contributed by atoms with Crippen LogP contribution in [0.25, 0.3) is 0 Å². The van der Waals surface area contributed by atoms with E-state index < -0.39 is 11.9 Å². The second-order valence-corrected chi connectivity index (χ2v) is 3.92. The molecule has 0 aliphatic heterocycles. The van der Waals surface area contributed by atoms with Gasteiger partial charge in [0, 0.05) is 12.8 Å². The van der Waals surface area contributed by atoms with E-state index in [1.807, 2.05) is 0 Å². The zero-order valence-electron chi connectivity index (χ0n) is 9.65. The second kappa shape index (κ2) is 10.5. The molecule has 0 heterocycles. The van der Waals surface area contributed by atoms with Gasteiger partial charge in [0.2, 0.25) is 0 Å². The van der Waals surface area contributed by atoms with Crippen LogP contribution in [0.4, 0.5) is 0 Å². The van der Waals surface area contributed by atoms with Crippen molar-refractivity contribution in [3.63, 3.8) is 0 Å². The Balaban J connectivity index is 2.98. The smallest absolute Gasteiger partial charge is 0.303 e. The summed E-state index contributed by atoms with van der Waals surface area (Å²) in [4.78, 5) is 20.4. The van der Waals surface area contributed by atoms with Crippen molar-refractivity contribution >= 4 is 11.9 Å². The van der Waals surface area contributed by atoms with E-state index in [-0.39, 0.29) is 12.8 Å². The fraction of sp³-hybridized carbons (Fsp3) is 0.750. The zero-order valence-corrected chi connectivity index (χ0v) is 9.65. The van der Waals surface area contributed by atoms with E-state index in [2.05, 4.69) is 6.42 Å². The molecule has 0 aliphatic carbocycles. The first kappa shape index (κ1) is 14.9. The van der Waals surface area contributed by atoms with E-state index >= 15 is 0 Å². The van der Waals surface area contributed by atoms with Crippen molar-refractivity contribution in [2.24, 2.45) is 0 Å². The Morgan fingerprint density at radius 3 is 1.69 bits per heavy atom. The maximum absolute atomic E-state index is 10.2. The van der Waals surface area contributed by atoms with Crippen LogP contribution >= 0.6 is 0 Å². The van der Waals surface area contributed by atoms with Crippen molar-refractivity contribution in [1.82, 2.24) is 0 Å². The standard InChI is InChI=1S/C12H21O4/c13-11(14)9-7-5-3-1-2-4-6-8-10-12(15)16/h1H,2-10H2,(H,13,14)(H,15,16). The molecule has 0 aromatic heterocycles. The number of unbranched alkanes of at least 4 members (excludes halogenated alkanes) is 7. The molecule has 16 heavy (non-hydrogen) atoms. The van der Waals surface area contributed by atoms with Gasteiger partial charge in [-0.25, -0.2) is 0 Å². The molecule has 4 heteroatoms. The highest BCUT2D eigenvalue weighted by molar-refractivity contribution is 5.66. The molecular formula is C12H21O4. The number of carboxylic acid groups (broad SMARTS) is 2. The van der Waals surface area contributed by atoms with Crippen molar-refractivity contribution in [2.45, 2.75) is 57.8 Å². The average molecular weight is 229 g/mol. The molecule has 93 valence electrons. The van der Waals surface area contributed by atoms with E-state index in [1.54, 1.807) is 0 Å². The fourth-order valence-corrected chi connectivity index (χ4v) is 1.45. The van der Waals surface area contributed by atoms with Crippen LogP contribution in [0.15, 0.2) is 0 Å². The SMILES string of the molecule is O=C(O)CCCC[CH]CCCCCC(=O)O. The molecule has 0 saturated carbocycles. The summed E-state index contributed by atoms with van der Waals surface area (Å²) in [6.07, 6.45) is 9.07. The molecule has 0 rings (SSSR count). The third kappa shape index (κ3) is 12.9. The molecule has 2 N–H and O–H groups in total. The van der Waals surface area contributed by atoms with Gasteiger partial charge in [-0.3, -0.25) is 9.59 Å². The lowest BCUT2D eigenvalue weighted by Crippen LogP contribution is -1.94. The maximum Gasteiger partial charge on any atom is 0.303 e. The molecule has 0 spiro atoms. The molecule has 0 fully saturated rings. The third-order valence-electron chi connectivity index (χ3n) is 2.35. The molecule has 0 bridgehead atoms. The summed E-state index contributed by atoms with van der Waals surface area (Å²) in [5.74, 6) is -1.45. The predicted octanol–water partition coefficient (Wildman–Crippen LogP) is 2.87. The molecule has 0 aliphatic rings. The predicted molar refractivity (Wildman–Crippen MR) is 61.1 cm³/mol. The highest BCUT2D eigenvalue weighted by atomic mass is 16.4. The van der Waals surface area contributed by atoms with Crippen LogP contribution in [-0.2, 0) is 9.59 Å². The molecule has 0 saturated heterocycles. The molecule has 0 amide bonds. The number of rotatable bonds is 11. The summed E-state index contributed by atoms with van der Waals surface area (Å²) < 4.78 is 0. The molecule has 0 atom stereocenters. The van der Waals surface area contributed by atoms with Crippen LogP contribution in [0, 0.1) is 6.42 Å². The maximum atomic E-state index is 10.2. The Kier molecular flexibility index (Phi) is 9.76. The van der Waals surface area contributed by atoms with Gasteiger partial charge < -0.3 is 10.2 Å². The molecular weight excluding hydrogens is 208 g/mol. The topological polar surface area (TPSA) is 74.6 Å². The number of carbonyl (C=O) groups is 2. The van der Waals surface area contributed by atoms with Gasteiger partial charge >= 0.3 is 11.9 Å². The quantitative estimate of drug-likeness (QED) is 0.534. The van der Waals surface area contributed by atoms with Crippen molar-refractivity contribution in [1.29, 1.82) is 0 Å². The van der Waals surface area contributed by atoms with Gasteiger partial charge in [0.05, 0.1) is 0 Å². The van der Waals surface area contributed by atoms with Gasteiger partial charge in [-0.05, 0) is 19.3 Å². The summed E-state index contributed by atoms with van der Waals surface area (Å²) in [6.45, 7) is 0. The van der Waals surface area contributed by atoms with E-state index in [4.69, 9.17) is 10.2 Å². The first-order valence-electron chi connectivity index (χ1n) is 5.88. The Labute approximate surface area is 96.7 Å². The van der Waals surface area contributed by atoms with Crippen LogP contribution < -0.4 is 0 Å². The molecule has 4 nitrogen and oxygen atoms in total. The fourth-order valence-electron chi connectivity index (χ4n) is 1.45. The van der Waals surface area contributed by atoms with E-state index in [9.17, 15) is 9.59 Å². The number of hydrogen-bond acceptors (Lipinski definition) is 2. The summed E-state index contributed by atoms with van der Waals surface area (Å²) in [7, 11) is 0. The molecule has 1 radical (unpaired) electrons. The van der Waals surface area contributed by atoms with Gasteiger partial charge in [0.25, 0.3) is 0 Å². The lowest BCUT2D eigenvalue weighted by Gasteiger charge is -2.00. The summed E-state index contributed by atoms with van der Waals surface area (Å²) in [5.41, 5.74) is 0. The largest absolute Gasteiger partial charge is 0.481 e. The normalized spacial score (nSPS) is 10.2. The minimum absolute atomic E-state index is 0.256. The van der Waals surface area contributed by atoms with E-state index in [0.29, 0.717) is 0 Å². The van der Waals surface area contributed by atoms with E-state index in [0.717, 1.165) is 44.9 Å². The van der Waals surface area contributed by atoms with Crippen molar-refractivity contribution < 1.29 is 19.8 Å². The summed E-state index contributed by atoms with van der Waals surface area (Å²) in [5, 5.41) is 16.8. The average Bonchev–Trinajstić information content (AvgIpc) is 2.20. The van der Waals surface area contributed by atoms with Crippen LogP contribution in [0.2, 0.25) is 0 Å². The Morgan fingerprint density at radius 1 is 0.750 bits per heavy atom. The Hall–Kier alpha value is -1.06. The number of hydrogen-bond donors (Lipinski definition) is 2. The zero-order chi connectivity index (χ0) is 12.2. The first-order chi connectivity index (χ1) is 7.63. The summed E-state index contributed by atoms with van der Waals surface area (Å²) in [6, 6.07) is 0. The Morgan fingerprint density at radius 2 is 1.19 bits per heavy atom. The third-order valence-corrected chi connectivity index (χ3v) is 2.35. The lowest BCUT2D eigenvalue weighted by atomic mass is 10.1. The first-order valence-corrected chi connectivity index (χ1v) is 5.88.